The summed E-state index contributed by atoms with van der Waals surface area (Å²) in [5.41, 5.74) is 1.60. The fourth-order valence-electron chi connectivity index (χ4n) is 2.35. The van der Waals surface area contributed by atoms with E-state index in [0.717, 1.165) is 5.69 Å². The summed E-state index contributed by atoms with van der Waals surface area (Å²) < 4.78 is 15.1. The molecular formula is C13H12ClFN2O. The normalized spacial score (nSPS) is 18.7. The van der Waals surface area contributed by atoms with Crippen LogP contribution < -0.4 is 0 Å². The van der Waals surface area contributed by atoms with Crippen LogP contribution in [0.1, 0.15) is 12.1 Å². The molecule has 2 heterocycles. The molecule has 5 heteroatoms. The number of aromatic nitrogens is 2. The van der Waals surface area contributed by atoms with Crippen molar-refractivity contribution in [2.75, 3.05) is 0 Å². The Bertz CT molecular complexity index is 597. The SMILES string of the molecule is OC1CCc2c(Cl)nc(-c3cccc(F)c3)n2C1. The summed E-state index contributed by atoms with van der Waals surface area (Å²) in [6.45, 7) is 0.459. The largest absolute Gasteiger partial charge is 0.391 e. The lowest BCUT2D eigenvalue weighted by atomic mass is 10.1. The van der Waals surface area contributed by atoms with Crippen LogP contribution in [-0.4, -0.2) is 20.8 Å². The van der Waals surface area contributed by atoms with Gasteiger partial charge in [-0.05, 0) is 25.0 Å². The Hall–Kier alpha value is -1.39. The molecule has 1 aliphatic heterocycles. The molecule has 1 aromatic carbocycles. The van der Waals surface area contributed by atoms with Crippen LogP contribution in [0, 0.1) is 5.82 Å². The topological polar surface area (TPSA) is 38.1 Å². The Morgan fingerprint density at radius 2 is 2.28 bits per heavy atom. The van der Waals surface area contributed by atoms with Crippen molar-refractivity contribution in [3.63, 3.8) is 0 Å². The summed E-state index contributed by atoms with van der Waals surface area (Å²) in [7, 11) is 0. The van der Waals surface area contributed by atoms with Gasteiger partial charge in [0.15, 0.2) is 5.15 Å². The summed E-state index contributed by atoms with van der Waals surface area (Å²) in [6, 6.07) is 6.24. The Labute approximate surface area is 109 Å². The zero-order valence-electron chi connectivity index (χ0n) is 9.61. The summed E-state index contributed by atoms with van der Waals surface area (Å²) in [4.78, 5) is 4.29. The Morgan fingerprint density at radius 1 is 1.44 bits per heavy atom. The van der Waals surface area contributed by atoms with E-state index in [-0.39, 0.29) is 5.82 Å². The number of rotatable bonds is 1. The van der Waals surface area contributed by atoms with Crippen LogP contribution in [0.25, 0.3) is 11.4 Å². The molecular weight excluding hydrogens is 255 g/mol. The number of nitrogens with zero attached hydrogens (tertiary/aromatic N) is 2. The van der Waals surface area contributed by atoms with Gasteiger partial charge in [0.25, 0.3) is 0 Å². The van der Waals surface area contributed by atoms with Crippen molar-refractivity contribution in [3.8, 4) is 11.4 Å². The number of halogens is 2. The number of hydrogen-bond donors (Lipinski definition) is 1. The molecule has 94 valence electrons. The van der Waals surface area contributed by atoms with Crippen LogP contribution in [0.15, 0.2) is 24.3 Å². The van der Waals surface area contributed by atoms with E-state index in [1.54, 1.807) is 12.1 Å². The maximum atomic E-state index is 13.2. The van der Waals surface area contributed by atoms with Gasteiger partial charge in [-0.1, -0.05) is 23.7 Å². The molecule has 0 saturated carbocycles. The van der Waals surface area contributed by atoms with Gasteiger partial charge in [-0.3, -0.25) is 0 Å². The molecule has 0 fully saturated rings. The van der Waals surface area contributed by atoms with Gasteiger partial charge < -0.3 is 9.67 Å². The van der Waals surface area contributed by atoms with Gasteiger partial charge in [-0.15, -0.1) is 0 Å². The van der Waals surface area contributed by atoms with Crippen molar-refractivity contribution in [2.45, 2.75) is 25.5 Å². The molecule has 0 aliphatic carbocycles. The highest BCUT2D eigenvalue weighted by Crippen LogP contribution is 2.30. The first-order valence-corrected chi connectivity index (χ1v) is 6.22. The van der Waals surface area contributed by atoms with E-state index in [1.165, 1.54) is 12.1 Å². The van der Waals surface area contributed by atoms with Crippen LogP contribution in [-0.2, 0) is 13.0 Å². The minimum atomic E-state index is -0.393. The molecule has 3 rings (SSSR count). The average molecular weight is 267 g/mol. The maximum Gasteiger partial charge on any atom is 0.150 e. The van der Waals surface area contributed by atoms with Crippen LogP contribution in [0.3, 0.4) is 0 Å². The predicted molar refractivity (Wildman–Crippen MR) is 67.0 cm³/mol. The lowest BCUT2D eigenvalue weighted by Crippen LogP contribution is -2.24. The highest BCUT2D eigenvalue weighted by atomic mass is 35.5. The number of aliphatic hydroxyl groups is 1. The highest BCUT2D eigenvalue weighted by molar-refractivity contribution is 6.30. The third kappa shape index (κ3) is 1.91. The van der Waals surface area contributed by atoms with E-state index >= 15 is 0 Å². The molecule has 0 radical (unpaired) electrons. The standard InChI is InChI=1S/C13H12ClFN2O/c14-12-11-5-4-10(18)7-17(11)13(16-12)8-2-1-3-9(15)6-8/h1-3,6,10,18H,4-5,7H2. The second-order valence-corrected chi connectivity index (χ2v) is 4.84. The van der Waals surface area contributed by atoms with Crippen molar-refractivity contribution in [2.24, 2.45) is 0 Å². The van der Waals surface area contributed by atoms with Gasteiger partial charge in [0.2, 0.25) is 0 Å². The van der Waals surface area contributed by atoms with Gasteiger partial charge in [-0.2, -0.15) is 0 Å². The van der Waals surface area contributed by atoms with Crippen molar-refractivity contribution in [3.05, 3.63) is 40.9 Å². The molecule has 1 unspecified atom stereocenters. The first-order chi connectivity index (χ1) is 8.65. The molecule has 18 heavy (non-hydrogen) atoms. The molecule has 2 aromatic rings. The van der Waals surface area contributed by atoms with Crippen molar-refractivity contribution in [1.29, 1.82) is 0 Å². The lowest BCUT2D eigenvalue weighted by molar-refractivity contribution is 0.132. The molecule has 0 spiro atoms. The first-order valence-electron chi connectivity index (χ1n) is 5.84. The van der Waals surface area contributed by atoms with E-state index in [1.807, 2.05) is 4.57 Å². The van der Waals surface area contributed by atoms with Crippen LogP contribution in [0.2, 0.25) is 5.15 Å². The van der Waals surface area contributed by atoms with Crippen molar-refractivity contribution < 1.29 is 9.50 Å². The Morgan fingerprint density at radius 3 is 3.06 bits per heavy atom. The van der Waals surface area contributed by atoms with Crippen LogP contribution in [0.4, 0.5) is 4.39 Å². The van der Waals surface area contributed by atoms with E-state index in [4.69, 9.17) is 11.6 Å². The number of benzene rings is 1. The lowest BCUT2D eigenvalue weighted by Gasteiger charge is -2.21. The molecule has 0 saturated heterocycles. The van der Waals surface area contributed by atoms with Gasteiger partial charge >= 0.3 is 0 Å². The molecule has 3 nitrogen and oxygen atoms in total. The van der Waals surface area contributed by atoms with Crippen LogP contribution in [0.5, 0.6) is 0 Å². The van der Waals surface area contributed by atoms with Crippen molar-refractivity contribution >= 4 is 11.6 Å². The third-order valence-electron chi connectivity index (χ3n) is 3.21. The van der Waals surface area contributed by atoms with Gasteiger partial charge in [-0.25, -0.2) is 9.37 Å². The summed E-state index contributed by atoms with van der Waals surface area (Å²) >= 11 is 6.09. The minimum absolute atomic E-state index is 0.308. The van der Waals surface area contributed by atoms with Crippen LogP contribution >= 0.6 is 11.6 Å². The molecule has 0 bridgehead atoms. The number of aliphatic hydroxyl groups excluding tert-OH is 1. The summed E-state index contributed by atoms with van der Waals surface area (Å²) in [5, 5.41) is 10.2. The molecule has 0 amide bonds. The smallest absolute Gasteiger partial charge is 0.150 e. The average Bonchev–Trinajstić information content (AvgIpc) is 2.66. The summed E-state index contributed by atoms with van der Waals surface area (Å²) in [6.07, 6.45) is 0.992. The van der Waals surface area contributed by atoms with E-state index in [2.05, 4.69) is 4.98 Å². The molecule has 1 N–H and O–H groups in total. The maximum absolute atomic E-state index is 13.2. The fourth-order valence-corrected chi connectivity index (χ4v) is 2.62. The van der Waals surface area contributed by atoms with E-state index < -0.39 is 6.10 Å². The summed E-state index contributed by atoms with van der Waals surface area (Å²) in [5.74, 6) is 0.311. The third-order valence-corrected chi connectivity index (χ3v) is 3.52. The predicted octanol–water partition coefficient (Wildman–Crippen LogP) is 2.65. The fraction of sp³-hybridized carbons (Fsp3) is 0.308. The second kappa shape index (κ2) is 4.37. The molecule has 1 atom stereocenters. The van der Waals surface area contributed by atoms with Gasteiger partial charge in [0, 0.05) is 5.56 Å². The quantitative estimate of drug-likeness (QED) is 0.862. The number of fused-ring (bicyclic) bond motifs is 1. The highest BCUT2D eigenvalue weighted by Gasteiger charge is 2.24. The number of hydrogen-bond acceptors (Lipinski definition) is 2. The minimum Gasteiger partial charge on any atom is -0.391 e. The Kier molecular flexibility index (Phi) is 2.84. The zero-order valence-corrected chi connectivity index (χ0v) is 10.4. The second-order valence-electron chi connectivity index (χ2n) is 4.49. The molecule has 1 aliphatic rings. The van der Waals surface area contributed by atoms with E-state index in [9.17, 15) is 9.50 Å². The van der Waals surface area contributed by atoms with Gasteiger partial charge in [0.05, 0.1) is 18.3 Å². The molecule has 1 aromatic heterocycles. The number of imidazole rings is 1. The first kappa shape index (κ1) is 11.7. The monoisotopic (exact) mass is 266 g/mol. The Balaban J connectivity index is 2.13. The zero-order chi connectivity index (χ0) is 12.7. The van der Waals surface area contributed by atoms with Crippen molar-refractivity contribution in [1.82, 2.24) is 9.55 Å². The van der Waals surface area contributed by atoms with Gasteiger partial charge in [0.1, 0.15) is 11.6 Å². The van der Waals surface area contributed by atoms with E-state index in [0.29, 0.717) is 35.9 Å².